The third-order valence-corrected chi connectivity index (χ3v) is 4.24. The first kappa shape index (κ1) is 11.7. The molecule has 2 aromatic rings. The van der Waals surface area contributed by atoms with Gasteiger partial charge in [0.2, 0.25) is 0 Å². The van der Waals surface area contributed by atoms with Crippen LogP contribution in [0.15, 0.2) is 29.6 Å². The van der Waals surface area contributed by atoms with Crippen LogP contribution in [0.25, 0.3) is 0 Å². The molecule has 0 spiro atoms. The Labute approximate surface area is 111 Å². The Balaban J connectivity index is 2.01. The minimum absolute atomic E-state index is 0.515. The van der Waals surface area contributed by atoms with E-state index in [9.17, 15) is 0 Å². The minimum Gasteiger partial charge on any atom is -0.325 e. The van der Waals surface area contributed by atoms with Gasteiger partial charge in [-0.3, -0.25) is 0 Å². The SMILES string of the molecule is CC1Cc2ccccc2N(c2nc(CN)cs2)C1. The Morgan fingerprint density at radius 1 is 1.44 bits per heavy atom. The lowest BCUT2D eigenvalue weighted by Crippen LogP contribution is -2.30. The van der Waals surface area contributed by atoms with Gasteiger partial charge in [-0.05, 0) is 24.0 Å². The maximum Gasteiger partial charge on any atom is 0.190 e. The molecule has 0 aliphatic carbocycles. The quantitative estimate of drug-likeness (QED) is 0.901. The fourth-order valence-electron chi connectivity index (χ4n) is 2.49. The zero-order valence-electron chi connectivity index (χ0n) is 10.5. The van der Waals surface area contributed by atoms with E-state index in [1.165, 1.54) is 11.3 Å². The molecule has 0 saturated heterocycles. The topological polar surface area (TPSA) is 42.2 Å². The summed E-state index contributed by atoms with van der Waals surface area (Å²) in [6.45, 7) is 3.84. The number of aromatic nitrogens is 1. The van der Waals surface area contributed by atoms with Gasteiger partial charge in [0.1, 0.15) is 0 Å². The highest BCUT2D eigenvalue weighted by Crippen LogP contribution is 2.36. The van der Waals surface area contributed by atoms with Crippen LogP contribution in [0.4, 0.5) is 10.8 Å². The van der Waals surface area contributed by atoms with Gasteiger partial charge in [-0.2, -0.15) is 0 Å². The summed E-state index contributed by atoms with van der Waals surface area (Å²) in [6, 6.07) is 8.61. The molecule has 18 heavy (non-hydrogen) atoms. The lowest BCUT2D eigenvalue weighted by atomic mass is 9.94. The number of benzene rings is 1. The van der Waals surface area contributed by atoms with E-state index < -0.39 is 0 Å². The van der Waals surface area contributed by atoms with E-state index >= 15 is 0 Å². The van der Waals surface area contributed by atoms with Crippen molar-refractivity contribution >= 4 is 22.2 Å². The molecule has 4 heteroatoms. The second-order valence-electron chi connectivity index (χ2n) is 4.87. The van der Waals surface area contributed by atoms with E-state index in [4.69, 9.17) is 5.73 Å². The van der Waals surface area contributed by atoms with Crippen LogP contribution in [-0.2, 0) is 13.0 Å². The number of fused-ring (bicyclic) bond motifs is 1. The predicted octanol–water partition coefficient (Wildman–Crippen LogP) is 2.93. The van der Waals surface area contributed by atoms with Gasteiger partial charge in [-0.1, -0.05) is 25.1 Å². The Bertz CT molecular complexity index is 549. The molecule has 3 rings (SSSR count). The van der Waals surface area contributed by atoms with Crippen molar-refractivity contribution < 1.29 is 0 Å². The molecule has 2 N–H and O–H groups in total. The van der Waals surface area contributed by atoms with Crippen molar-refractivity contribution in [2.24, 2.45) is 11.7 Å². The zero-order chi connectivity index (χ0) is 12.5. The van der Waals surface area contributed by atoms with Crippen molar-refractivity contribution in [1.29, 1.82) is 0 Å². The van der Waals surface area contributed by atoms with Gasteiger partial charge in [0.25, 0.3) is 0 Å². The van der Waals surface area contributed by atoms with Crippen molar-refractivity contribution in [3.63, 3.8) is 0 Å². The van der Waals surface area contributed by atoms with Gasteiger partial charge in [0.15, 0.2) is 5.13 Å². The van der Waals surface area contributed by atoms with Crippen LogP contribution in [-0.4, -0.2) is 11.5 Å². The lowest BCUT2D eigenvalue weighted by Gasteiger charge is -2.32. The highest BCUT2D eigenvalue weighted by molar-refractivity contribution is 7.13. The second kappa shape index (κ2) is 4.71. The average molecular weight is 259 g/mol. The number of hydrogen-bond acceptors (Lipinski definition) is 4. The van der Waals surface area contributed by atoms with Gasteiger partial charge < -0.3 is 10.6 Å². The Morgan fingerprint density at radius 3 is 3.06 bits per heavy atom. The summed E-state index contributed by atoms with van der Waals surface area (Å²) in [7, 11) is 0. The largest absolute Gasteiger partial charge is 0.325 e. The first-order chi connectivity index (χ1) is 8.78. The van der Waals surface area contributed by atoms with E-state index in [1.54, 1.807) is 11.3 Å². The van der Waals surface area contributed by atoms with Crippen LogP contribution in [0.3, 0.4) is 0 Å². The molecule has 94 valence electrons. The van der Waals surface area contributed by atoms with Crippen LogP contribution < -0.4 is 10.6 Å². The third kappa shape index (κ3) is 2.02. The number of hydrogen-bond donors (Lipinski definition) is 1. The third-order valence-electron chi connectivity index (χ3n) is 3.32. The molecular formula is C14H17N3S. The molecule has 0 radical (unpaired) electrons. The summed E-state index contributed by atoms with van der Waals surface area (Å²) in [5, 5.41) is 3.12. The number of rotatable bonds is 2. The molecule has 1 unspecified atom stereocenters. The van der Waals surface area contributed by atoms with Gasteiger partial charge in [-0.15, -0.1) is 11.3 Å². The molecule has 1 atom stereocenters. The predicted molar refractivity (Wildman–Crippen MR) is 76.3 cm³/mol. The van der Waals surface area contributed by atoms with Crippen LogP contribution in [0.5, 0.6) is 0 Å². The molecule has 3 nitrogen and oxygen atoms in total. The highest BCUT2D eigenvalue weighted by Gasteiger charge is 2.24. The number of para-hydroxylation sites is 1. The van der Waals surface area contributed by atoms with Crippen LogP contribution in [0.2, 0.25) is 0 Å². The average Bonchev–Trinajstić information content (AvgIpc) is 2.86. The minimum atomic E-state index is 0.515. The standard InChI is InChI=1S/C14H17N3S/c1-10-6-11-4-2-3-5-13(11)17(8-10)14-16-12(7-15)9-18-14/h2-5,9-10H,6-8,15H2,1H3. The fraction of sp³-hybridized carbons (Fsp3) is 0.357. The van der Waals surface area contributed by atoms with Crippen LogP contribution in [0.1, 0.15) is 18.2 Å². The van der Waals surface area contributed by atoms with E-state index in [2.05, 4.69) is 46.5 Å². The summed E-state index contributed by atoms with van der Waals surface area (Å²) in [5.74, 6) is 0.658. The van der Waals surface area contributed by atoms with E-state index in [0.29, 0.717) is 12.5 Å². The molecule has 1 aliphatic heterocycles. The maximum absolute atomic E-state index is 5.64. The molecule has 2 heterocycles. The van der Waals surface area contributed by atoms with Gasteiger partial charge >= 0.3 is 0 Å². The summed E-state index contributed by atoms with van der Waals surface area (Å²) < 4.78 is 0. The molecule has 1 aliphatic rings. The fourth-order valence-corrected chi connectivity index (χ4v) is 3.35. The van der Waals surface area contributed by atoms with Crippen molar-refractivity contribution in [3.8, 4) is 0 Å². The van der Waals surface area contributed by atoms with Gasteiger partial charge in [0, 0.05) is 24.2 Å². The molecular weight excluding hydrogens is 242 g/mol. The van der Waals surface area contributed by atoms with E-state index in [0.717, 1.165) is 23.8 Å². The molecule has 1 aromatic heterocycles. The summed E-state index contributed by atoms with van der Waals surface area (Å²) in [5.41, 5.74) is 9.33. The molecule has 1 aromatic carbocycles. The number of thiazole rings is 1. The summed E-state index contributed by atoms with van der Waals surface area (Å²) >= 11 is 1.68. The molecule has 0 bridgehead atoms. The smallest absolute Gasteiger partial charge is 0.190 e. The lowest BCUT2D eigenvalue weighted by molar-refractivity contribution is 0.561. The number of nitrogens with zero attached hydrogens (tertiary/aromatic N) is 2. The monoisotopic (exact) mass is 259 g/mol. The number of anilines is 2. The molecule has 0 fully saturated rings. The second-order valence-corrected chi connectivity index (χ2v) is 5.71. The van der Waals surface area contributed by atoms with E-state index in [1.807, 2.05) is 0 Å². The molecule has 0 amide bonds. The normalized spacial score (nSPS) is 18.8. The van der Waals surface area contributed by atoms with Crippen molar-refractivity contribution in [1.82, 2.24) is 4.98 Å². The van der Waals surface area contributed by atoms with Crippen LogP contribution >= 0.6 is 11.3 Å². The van der Waals surface area contributed by atoms with Crippen molar-refractivity contribution in [2.75, 3.05) is 11.4 Å². The van der Waals surface area contributed by atoms with Crippen molar-refractivity contribution in [3.05, 3.63) is 40.9 Å². The van der Waals surface area contributed by atoms with E-state index in [-0.39, 0.29) is 0 Å². The highest BCUT2D eigenvalue weighted by atomic mass is 32.1. The van der Waals surface area contributed by atoms with Crippen molar-refractivity contribution in [2.45, 2.75) is 19.9 Å². The van der Waals surface area contributed by atoms with Gasteiger partial charge in [0.05, 0.1) is 5.69 Å². The van der Waals surface area contributed by atoms with Crippen LogP contribution in [0, 0.1) is 5.92 Å². The first-order valence-corrected chi connectivity index (χ1v) is 7.16. The Morgan fingerprint density at radius 2 is 2.28 bits per heavy atom. The maximum atomic E-state index is 5.64. The summed E-state index contributed by atoms with van der Waals surface area (Å²) in [4.78, 5) is 6.93. The Kier molecular flexibility index (Phi) is 3.06. The zero-order valence-corrected chi connectivity index (χ0v) is 11.3. The number of nitrogens with two attached hydrogens (primary N) is 1. The van der Waals surface area contributed by atoms with Gasteiger partial charge in [-0.25, -0.2) is 4.98 Å². The first-order valence-electron chi connectivity index (χ1n) is 6.28. The molecule has 0 saturated carbocycles. The summed E-state index contributed by atoms with van der Waals surface area (Å²) in [6.07, 6.45) is 1.15. The Hall–Kier alpha value is -1.39.